The van der Waals surface area contributed by atoms with Crippen molar-refractivity contribution in [2.45, 2.75) is 13.6 Å². The summed E-state index contributed by atoms with van der Waals surface area (Å²) >= 11 is 0. The molecule has 0 atom stereocenters. The van der Waals surface area contributed by atoms with Crippen molar-refractivity contribution in [3.8, 4) is 17.4 Å². The van der Waals surface area contributed by atoms with Crippen LogP contribution < -0.4 is 0 Å². The number of aromatic hydroxyl groups is 2. The third-order valence-electron chi connectivity index (χ3n) is 2.66. The van der Waals surface area contributed by atoms with Crippen LogP contribution in [0.2, 0.25) is 0 Å². The van der Waals surface area contributed by atoms with E-state index in [-0.39, 0.29) is 22.7 Å². The minimum Gasteiger partial charge on any atom is -0.494 e. The Labute approximate surface area is 96.6 Å². The largest absolute Gasteiger partial charge is 0.494 e. The number of hydrogen-bond donors (Lipinski definition) is 2. The van der Waals surface area contributed by atoms with Crippen LogP contribution in [0.5, 0.6) is 11.8 Å². The Morgan fingerprint density at radius 3 is 2.59 bits per heavy atom. The fourth-order valence-corrected chi connectivity index (χ4v) is 1.71. The van der Waals surface area contributed by atoms with Crippen molar-refractivity contribution in [1.82, 2.24) is 4.57 Å². The van der Waals surface area contributed by atoms with E-state index >= 15 is 0 Å². The summed E-state index contributed by atoms with van der Waals surface area (Å²) < 4.78 is 26.9. The monoisotopic (exact) mass is 239 g/mol. The van der Waals surface area contributed by atoms with Crippen LogP contribution in [0.1, 0.15) is 11.1 Å². The number of nitrogens with zero attached hydrogens (tertiary/aromatic N) is 1. The van der Waals surface area contributed by atoms with Crippen molar-refractivity contribution in [1.29, 1.82) is 0 Å². The molecule has 0 bridgehead atoms. The van der Waals surface area contributed by atoms with E-state index < -0.39 is 18.4 Å². The number of halogens is 2. The molecule has 0 aliphatic rings. The first-order valence-corrected chi connectivity index (χ1v) is 5.00. The Balaban J connectivity index is 2.68. The standard InChI is InChI=1S/C12H11F2NO2/c1-7-9(14)3-2-4-10(7)15-11(16)5-8(6-13)12(15)17/h2-5,16-17H,6H2,1H3. The summed E-state index contributed by atoms with van der Waals surface area (Å²) in [5.41, 5.74) is 0.505. The minimum absolute atomic E-state index is 0.0360. The predicted molar refractivity (Wildman–Crippen MR) is 58.6 cm³/mol. The van der Waals surface area contributed by atoms with Gasteiger partial charge in [-0.2, -0.15) is 0 Å². The van der Waals surface area contributed by atoms with E-state index in [4.69, 9.17) is 0 Å². The molecule has 17 heavy (non-hydrogen) atoms. The SMILES string of the molecule is Cc1c(F)cccc1-n1c(O)cc(CF)c1O. The molecule has 0 aliphatic heterocycles. The number of alkyl halides is 1. The van der Waals surface area contributed by atoms with E-state index in [1.54, 1.807) is 0 Å². The van der Waals surface area contributed by atoms with Gasteiger partial charge in [-0.1, -0.05) is 6.07 Å². The molecule has 2 N–H and O–H groups in total. The lowest BCUT2D eigenvalue weighted by molar-refractivity contribution is 0.392. The molecule has 2 aromatic rings. The van der Waals surface area contributed by atoms with Gasteiger partial charge in [0.2, 0.25) is 5.88 Å². The Morgan fingerprint density at radius 2 is 2.00 bits per heavy atom. The molecule has 0 fully saturated rings. The Hall–Kier alpha value is -2.04. The highest BCUT2D eigenvalue weighted by Crippen LogP contribution is 2.33. The maximum Gasteiger partial charge on any atom is 0.204 e. The van der Waals surface area contributed by atoms with Crippen molar-refractivity contribution < 1.29 is 19.0 Å². The van der Waals surface area contributed by atoms with E-state index in [1.165, 1.54) is 25.1 Å². The van der Waals surface area contributed by atoms with Gasteiger partial charge in [0.15, 0.2) is 5.88 Å². The van der Waals surface area contributed by atoms with Crippen molar-refractivity contribution in [2.24, 2.45) is 0 Å². The van der Waals surface area contributed by atoms with Gasteiger partial charge in [0.05, 0.1) is 5.69 Å². The summed E-state index contributed by atoms with van der Waals surface area (Å²) in [5, 5.41) is 19.3. The van der Waals surface area contributed by atoms with Gasteiger partial charge in [-0.3, -0.25) is 4.57 Å². The van der Waals surface area contributed by atoms with Crippen molar-refractivity contribution in [3.05, 3.63) is 41.2 Å². The molecule has 0 spiro atoms. The van der Waals surface area contributed by atoms with Crippen molar-refractivity contribution in [3.63, 3.8) is 0 Å². The van der Waals surface area contributed by atoms with Gasteiger partial charge in [-0.25, -0.2) is 8.78 Å². The van der Waals surface area contributed by atoms with E-state index in [9.17, 15) is 19.0 Å². The summed E-state index contributed by atoms with van der Waals surface area (Å²) in [5.74, 6) is -1.21. The first-order valence-electron chi connectivity index (χ1n) is 5.00. The van der Waals surface area contributed by atoms with Crippen molar-refractivity contribution in [2.75, 3.05) is 0 Å². The Kier molecular flexibility index (Phi) is 2.75. The number of benzene rings is 1. The third kappa shape index (κ3) is 1.73. The molecule has 0 radical (unpaired) electrons. The highest BCUT2D eigenvalue weighted by Gasteiger charge is 2.17. The summed E-state index contributed by atoms with van der Waals surface area (Å²) in [6.07, 6.45) is 0. The van der Waals surface area contributed by atoms with E-state index in [0.29, 0.717) is 0 Å². The molecule has 90 valence electrons. The lowest BCUT2D eigenvalue weighted by Gasteiger charge is -2.10. The molecule has 0 unspecified atom stereocenters. The molecule has 3 nitrogen and oxygen atoms in total. The third-order valence-corrected chi connectivity index (χ3v) is 2.66. The molecule has 5 heteroatoms. The highest BCUT2D eigenvalue weighted by molar-refractivity contribution is 5.50. The quantitative estimate of drug-likeness (QED) is 0.846. The topological polar surface area (TPSA) is 45.4 Å². The summed E-state index contributed by atoms with van der Waals surface area (Å²) in [6.45, 7) is 0.611. The second-order valence-electron chi connectivity index (χ2n) is 3.70. The average Bonchev–Trinajstić information content (AvgIpc) is 2.58. The van der Waals surface area contributed by atoms with Gasteiger partial charge < -0.3 is 10.2 Å². The lowest BCUT2D eigenvalue weighted by atomic mass is 10.2. The Morgan fingerprint density at radius 1 is 1.29 bits per heavy atom. The Bertz CT molecular complexity index is 564. The zero-order chi connectivity index (χ0) is 12.6. The van der Waals surface area contributed by atoms with Gasteiger partial charge in [-0.15, -0.1) is 0 Å². The number of hydrogen-bond acceptors (Lipinski definition) is 2. The molecule has 0 saturated heterocycles. The smallest absolute Gasteiger partial charge is 0.204 e. The van der Waals surface area contributed by atoms with Crippen LogP contribution in [-0.4, -0.2) is 14.8 Å². The highest BCUT2D eigenvalue weighted by atomic mass is 19.1. The van der Waals surface area contributed by atoms with Gasteiger partial charge in [0.1, 0.15) is 12.5 Å². The maximum atomic E-state index is 13.4. The molecule has 0 saturated carbocycles. The second kappa shape index (κ2) is 4.08. The van der Waals surface area contributed by atoms with Gasteiger partial charge >= 0.3 is 0 Å². The van der Waals surface area contributed by atoms with Gasteiger partial charge in [0, 0.05) is 17.2 Å². The average molecular weight is 239 g/mol. The first kappa shape index (κ1) is 11.4. The van der Waals surface area contributed by atoms with E-state index in [0.717, 1.165) is 10.6 Å². The van der Waals surface area contributed by atoms with E-state index in [2.05, 4.69) is 0 Å². The molecular weight excluding hydrogens is 228 g/mol. The minimum atomic E-state index is -0.902. The summed E-state index contributed by atoms with van der Waals surface area (Å²) in [6, 6.07) is 5.36. The zero-order valence-electron chi connectivity index (χ0n) is 9.11. The van der Waals surface area contributed by atoms with E-state index in [1.807, 2.05) is 0 Å². The van der Waals surface area contributed by atoms with Crippen LogP contribution in [0, 0.1) is 12.7 Å². The molecule has 1 heterocycles. The molecule has 2 rings (SSSR count). The van der Waals surface area contributed by atoms with Gasteiger partial charge in [-0.05, 0) is 19.1 Å². The van der Waals surface area contributed by atoms with Crippen molar-refractivity contribution >= 4 is 0 Å². The lowest BCUT2D eigenvalue weighted by Crippen LogP contribution is -1.98. The number of aromatic nitrogens is 1. The molecule has 1 aromatic carbocycles. The zero-order valence-corrected chi connectivity index (χ0v) is 9.11. The summed E-state index contributed by atoms with van der Waals surface area (Å²) in [7, 11) is 0. The fourth-order valence-electron chi connectivity index (χ4n) is 1.71. The predicted octanol–water partition coefficient (Wildman–Crippen LogP) is 2.81. The van der Waals surface area contributed by atoms with Crippen LogP contribution >= 0.6 is 0 Å². The fraction of sp³-hybridized carbons (Fsp3) is 0.167. The maximum absolute atomic E-state index is 13.4. The molecule has 0 aliphatic carbocycles. The van der Waals surface area contributed by atoms with Crippen LogP contribution in [0.3, 0.4) is 0 Å². The normalized spacial score (nSPS) is 10.8. The van der Waals surface area contributed by atoms with Crippen LogP contribution in [0.15, 0.2) is 24.3 Å². The second-order valence-corrected chi connectivity index (χ2v) is 3.70. The van der Waals surface area contributed by atoms with Crippen LogP contribution in [-0.2, 0) is 6.67 Å². The first-order chi connectivity index (χ1) is 8.06. The van der Waals surface area contributed by atoms with Gasteiger partial charge in [0.25, 0.3) is 0 Å². The molecular formula is C12H11F2NO2. The summed E-state index contributed by atoms with van der Waals surface area (Å²) in [4.78, 5) is 0. The van der Waals surface area contributed by atoms with Crippen LogP contribution in [0.4, 0.5) is 8.78 Å². The molecule has 0 amide bonds. The number of rotatable bonds is 2. The van der Waals surface area contributed by atoms with Crippen LogP contribution in [0.25, 0.3) is 5.69 Å². The molecule has 1 aromatic heterocycles.